The Kier molecular flexibility index (Phi) is 6.14. The van der Waals surface area contributed by atoms with E-state index in [1.54, 1.807) is 0 Å². The van der Waals surface area contributed by atoms with Gasteiger partial charge in [-0.1, -0.05) is 0 Å². The number of hydrogen-bond acceptors (Lipinski definition) is 1. The fourth-order valence-electron chi connectivity index (χ4n) is 0.725. The summed E-state index contributed by atoms with van der Waals surface area (Å²) in [6, 6.07) is 0. The predicted molar refractivity (Wildman–Crippen MR) is 39.9 cm³/mol. The Balaban J connectivity index is 0. The molecule has 3 nitrogen and oxygen atoms in total. The lowest BCUT2D eigenvalue weighted by Crippen LogP contribution is -3.00. The highest BCUT2D eigenvalue weighted by molar-refractivity contribution is 5.74. The van der Waals surface area contributed by atoms with Crippen molar-refractivity contribution in [3.05, 3.63) is 0 Å². The van der Waals surface area contributed by atoms with Gasteiger partial charge >= 0.3 is 0 Å². The average molecular weight is 221 g/mol. The van der Waals surface area contributed by atoms with Gasteiger partial charge in [0.1, 0.15) is 6.54 Å². The lowest BCUT2D eigenvalue weighted by atomic mass is 10.4. The quantitative estimate of drug-likeness (QED) is 0.385. The molecule has 4 heteroatoms. The van der Waals surface area contributed by atoms with Crippen LogP contribution in [0.4, 0.5) is 0 Å². The summed E-state index contributed by atoms with van der Waals surface area (Å²) in [5.74, 6) is 2.16. The molecule has 0 saturated carbocycles. The third kappa shape index (κ3) is 7.37. The molecule has 0 rings (SSSR count). The molecule has 1 amide bonds. The van der Waals surface area contributed by atoms with Crippen LogP contribution in [-0.4, -0.2) is 37.6 Å². The molecule has 11 heavy (non-hydrogen) atoms. The van der Waals surface area contributed by atoms with Gasteiger partial charge in [-0.25, -0.2) is 0 Å². The fourth-order valence-corrected chi connectivity index (χ4v) is 0.725. The SMILES string of the molecule is C#CC[N+](C)(C)CC(N)=O.[Br-]. The molecule has 0 unspecified atom stereocenters. The summed E-state index contributed by atoms with van der Waals surface area (Å²) in [5.41, 5.74) is 4.99. The minimum atomic E-state index is -0.319. The summed E-state index contributed by atoms with van der Waals surface area (Å²) < 4.78 is 0.464. The van der Waals surface area contributed by atoms with Crippen molar-refractivity contribution in [1.82, 2.24) is 0 Å². The highest BCUT2D eigenvalue weighted by Gasteiger charge is 2.15. The standard InChI is InChI=1S/C7H12N2O.BrH/c1-4-5-9(2,3)6-7(8)10;/h1H,5-6H2,2-3H3,(H-,8,10);1H. The van der Waals surface area contributed by atoms with Gasteiger partial charge in [-0.2, -0.15) is 0 Å². The van der Waals surface area contributed by atoms with Gasteiger partial charge in [0.25, 0.3) is 5.91 Å². The van der Waals surface area contributed by atoms with E-state index in [0.29, 0.717) is 17.6 Å². The number of terminal acetylenes is 1. The van der Waals surface area contributed by atoms with Crippen molar-refractivity contribution >= 4 is 5.91 Å². The van der Waals surface area contributed by atoms with Crippen LogP contribution in [0.2, 0.25) is 0 Å². The maximum Gasteiger partial charge on any atom is 0.272 e. The van der Waals surface area contributed by atoms with Crippen LogP contribution in [0.1, 0.15) is 0 Å². The Bertz CT molecular complexity index is 172. The lowest BCUT2D eigenvalue weighted by molar-refractivity contribution is -0.875. The maximum atomic E-state index is 10.4. The first-order valence-electron chi connectivity index (χ1n) is 3.02. The third-order valence-corrected chi connectivity index (χ3v) is 1.10. The topological polar surface area (TPSA) is 43.1 Å². The molecule has 0 heterocycles. The van der Waals surface area contributed by atoms with Crippen LogP contribution in [0.15, 0.2) is 0 Å². The van der Waals surface area contributed by atoms with Crippen molar-refractivity contribution < 1.29 is 26.3 Å². The van der Waals surface area contributed by atoms with Gasteiger partial charge in [-0.3, -0.25) is 4.79 Å². The van der Waals surface area contributed by atoms with E-state index in [-0.39, 0.29) is 22.9 Å². The third-order valence-electron chi connectivity index (χ3n) is 1.10. The molecule has 64 valence electrons. The van der Waals surface area contributed by atoms with Gasteiger partial charge in [0.2, 0.25) is 0 Å². The number of carbonyl (C=O) groups is 1. The van der Waals surface area contributed by atoms with Crippen molar-refractivity contribution in [3.8, 4) is 12.3 Å². The second-order valence-electron chi connectivity index (χ2n) is 2.92. The zero-order valence-electron chi connectivity index (χ0n) is 6.80. The van der Waals surface area contributed by atoms with E-state index in [0.717, 1.165) is 0 Å². The molecule has 0 aromatic heterocycles. The van der Waals surface area contributed by atoms with E-state index in [1.165, 1.54) is 0 Å². The molecule has 0 fully saturated rings. The minimum Gasteiger partial charge on any atom is -1.00 e. The summed E-state index contributed by atoms with van der Waals surface area (Å²) in [6.07, 6.45) is 5.07. The second-order valence-corrected chi connectivity index (χ2v) is 2.92. The van der Waals surface area contributed by atoms with Crippen LogP contribution >= 0.6 is 0 Å². The van der Waals surface area contributed by atoms with Crippen molar-refractivity contribution in [1.29, 1.82) is 0 Å². The molecule has 0 aromatic rings. The zero-order valence-corrected chi connectivity index (χ0v) is 8.39. The van der Waals surface area contributed by atoms with Crippen LogP contribution < -0.4 is 22.7 Å². The highest BCUT2D eigenvalue weighted by Crippen LogP contribution is 1.92. The Hall–Kier alpha value is -0.530. The largest absolute Gasteiger partial charge is 1.00 e. The molecule has 0 saturated heterocycles. The van der Waals surface area contributed by atoms with Gasteiger partial charge in [0, 0.05) is 0 Å². The Morgan fingerprint density at radius 1 is 1.64 bits per heavy atom. The summed E-state index contributed by atoms with van der Waals surface area (Å²) >= 11 is 0. The number of nitrogens with zero attached hydrogens (tertiary/aromatic N) is 1. The normalized spacial score (nSPS) is 9.55. The molecule has 0 aliphatic rings. The maximum absolute atomic E-state index is 10.4. The second kappa shape index (κ2) is 5.16. The van der Waals surface area contributed by atoms with Gasteiger partial charge in [0.15, 0.2) is 6.54 Å². The number of halogens is 1. The van der Waals surface area contributed by atoms with E-state index in [2.05, 4.69) is 5.92 Å². The smallest absolute Gasteiger partial charge is 0.272 e. The first-order valence-corrected chi connectivity index (χ1v) is 3.02. The minimum absolute atomic E-state index is 0. The van der Waals surface area contributed by atoms with E-state index in [9.17, 15) is 4.79 Å². The molecule has 0 bridgehead atoms. The van der Waals surface area contributed by atoms with Crippen molar-refractivity contribution in [3.63, 3.8) is 0 Å². The Morgan fingerprint density at radius 3 is 2.36 bits per heavy atom. The van der Waals surface area contributed by atoms with Crippen molar-refractivity contribution in [2.75, 3.05) is 27.2 Å². The average Bonchev–Trinajstić information content (AvgIpc) is 1.59. The summed E-state index contributed by atoms with van der Waals surface area (Å²) in [7, 11) is 3.73. The number of hydrogen-bond donors (Lipinski definition) is 1. The lowest BCUT2D eigenvalue weighted by Gasteiger charge is -2.25. The molecule has 2 N–H and O–H groups in total. The summed E-state index contributed by atoms with van der Waals surface area (Å²) in [4.78, 5) is 10.4. The number of amides is 1. The number of rotatable bonds is 3. The molecule has 0 aliphatic heterocycles. The van der Waals surface area contributed by atoms with Crippen LogP contribution in [0.5, 0.6) is 0 Å². The summed E-state index contributed by atoms with van der Waals surface area (Å²) in [6.45, 7) is 0.827. The molecule has 0 radical (unpaired) electrons. The van der Waals surface area contributed by atoms with E-state index in [1.807, 2.05) is 14.1 Å². The highest BCUT2D eigenvalue weighted by atomic mass is 79.9. The van der Waals surface area contributed by atoms with Crippen molar-refractivity contribution in [2.24, 2.45) is 5.73 Å². The molecular formula is C7H13BrN2O. The number of primary amides is 1. The number of likely N-dealkylation sites (N-methyl/N-ethyl adjacent to an activating group) is 1. The van der Waals surface area contributed by atoms with Crippen LogP contribution in [0.3, 0.4) is 0 Å². The predicted octanol–water partition coefficient (Wildman–Crippen LogP) is -3.81. The first-order chi connectivity index (χ1) is 4.48. The van der Waals surface area contributed by atoms with Crippen LogP contribution in [-0.2, 0) is 4.79 Å². The van der Waals surface area contributed by atoms with Gasteiger partial charge < -0.3 is 27.2 Å². The Labute approximate surface area is 77.9 Å². The number of carbonyl (C=O) groups excluding carboxylic acids is 1. The molecular weight excluding hydrogens is 208 g/mol. The van der Waals surface area contributed by atoms with Gasteiger partial charge in [0.05, 0.1) is 14.1 Å². The molecule has 0 spiro atoms. The summed E-state index contributed by atoms with van der Waals surface area (Å²) in [5, 5.41) is 0. The zero-order chi connectivity index (χ0) is 8.20. The Morgan fingerprint density at radius 2 is 2.09 bits per heavy atom. The first kappa shape index (κ1) is 13.1. The molecule has 0 aliphatic carbocycles. The number of quaternary nitrogens is 1. The van der Waals surface area contributed by atoms with Gasteiger partial charge in [-0.15, -0.1) is 6.42 Å². The van der Waals surface area contributed by atoms with Crippen LogP contribution in [0, 0.1) is 12.3 Å². The number of nitrogens with two attached hydrogens (primary N) is 1. The van der Waals surface area contributed by atoms with Crippen molar-refractivity contribution in [2.45, 2.75) is 0 Å². The monoisotopic (exact) mass is 220 g/mol. The van der Waals surface area contributed by atoms with E-state index >= 15 is 0 Å². The molecule has 0 aromatic carbocycles. The van der Waals surface area contributed by atoms with Gasteiger partial charge in [-0.05, 0) is 5.92 Å². The van der Waals surface area contributed by atoms with E-state index < -0.39 is 0 Å². The molecule has 0 atom stereocenters. The van der Waals surface area contributed by atoms with Crippen LogP contribution in [0.25, 0.3) is 0 Å². The van der Waals surface area contributed by atoms with E-state index in [4.69, 9.17) is 12.2 Å². The fraction of sp³-hybridized carbons (Fsp3) is 0.571.